The molecule has 8 heteroatoms. The second kappa shape index (κ2) is 9.74. The Morgan fingerprint density at radius 2 is 1.87 bits per heavy atom. The van der Waals surface area contributed by atoms with Gasteiger partial charge in [0.25, 0.3) is 0 Å². The molecule has 0 radical (unpaired) electrons. The minimum absolute atomic E-state index is 0. The molecule has 0 aliphatic carbocycles. The van der Waals surface area contributed by atoms with Gasteiger partial charge in [0, 0.05) is 37.2 Å². The fourth-order valence-electron chi connectivity index (χ4n) is 2.60. The van der Waals surface area contributed by atoms with Gasteiger partial charge in [-0.15, -0.1) is 31.4 Å². The SMILES string of the molecule is C=CC[C@@H](c1cc(C(F)(F)F)ccc1Cl)N1CCNCC1.Cl.Cl. The number of alkyl halides is 3. The van der Waals surface area contributed by atoms with Crippen molar-refractivity contribution in [1.29, 1.82) is 0 Å². The molecule has 1 fully saturated rings. The first-order valence-corrected chi connectivity index (χ1v) is 7.23. The zero-order chi connectivity index (χ0) is 15.5. The van der Waals surface area contributed by atoms with Crippen LogP contribution in [0.3, 0.4) is 0 Å². The highest BCUT2D eigenvalue weighted by molar-refractivity contribution is 6.31. The van der Waals surface area contributed by atoms with Gasteiger partial charge in [-0.2, -0.15) is 13.2 Å². The quantitative estimate of drug-likeness (QED) is 0.747. The lowest BCUT2D eigenvalue weighted by Crippen LogP contribution is -2.45. The summed E-state index contributed by atoms with van der Waals surface area (Å²) in [5, 5.41) is 3.60. The minimum Gasteiger partial charge on any atom is -0.314 e. The Kier molecular flexibility index (Phi) is 9.55. The van der Waals surface area contributed by atoms with Gasteiger partial charge < -0.3 is 5.32 Å². The molecular formula is C15H20Cl3F3N2. The first kappa shape index (κ1) is 22.5. The van der Waals surface area contributed by atoms with Crippen LogP contribution in [-0.2, 0) is 6.18 Å². The summed E-state index contributed by atoms with van der Waals surface area (Å²) in [7, 11) is 0. The van der Waals surface area contributed by atoms with Gasteiger partial charge in [0.1, 0.15) is 0 Å². The zero-order valence-corrected chi connectivity index (χ0v) is 14.8. The van der Waals surface area contributed by atoms with E-state index in [0.717, 1.165) is 32.2 Å². The number of nitrogens with zero attached hydrogens (tertiary/aromatic N) is 1. The van der Waals surface area contributed by atoms with E-state index in [1.54, 1.807) is 6.08 Å². The van der Waals surface area contributed by atoms with Crippen molar-refractivity contribution >= 4 is 36.4 Å². The van der Waals surface area contributed by atoms with Crippen molar-refractivity contribution in [3.8, 4) is 0 Å². The third-order valence-electron chi connectivity index (χ3n) is 3.66. The second-order valence-corrected chi connectivity index (χ2v) is 5.47. The van der Waals surface area contributed by atoms with Gasteiger partial charge in [-0.25, -0.2) is 0 Å². The molecule has 1 saturated heterocycles. The number of rotatable bonds is 4. The van der Waals surface area contributed by atoms with Crippen molar-refractivity contribution in [2.75, 3.05) is 26.2 Å². The van der Waals surface area contributed by atoms with Crippen LogP contribution in [0.5, 0.6) is 0 Å². The summed E-state index contributed by atoms with van der Waals surface area (Å²) in [6.07, 6.45) is -2.06. The predicted molar refractivity (Wildman–Crippen MR) is 92.9 cm³/mol. The molecule has 1 atom stereocenters. The first-order chi connectivity index (χ1) is 9.93. The van der Waals surface area contributed by atoms with E-state index in [1.165, 1.54) is 12.1 Å². The average molecular weight is 392 g/mol. The van der Waals surface area contributed by atoms with Crippen molar-refractivity contribution in [3.05, 3.63) is 47.0 Å². The maximum absolute atomic E-state index is 12.9. The van der Waals surface area contributed by atoms with E-state index in [1.807, 2.05) is 0 Å². The van der Waals surface area contributed by atoms with Gasteiger partial charge >= 0.3 is 6.18 Å². The van der Waals surface area contributed by atoms with Crippen molar-refractivity contribution in [2.24, 2.45) is 0 Å². The average Bonchev–Trinajstić information content (AvgIpc) is 2.45. The minimum atomic E-state index is -4.36. The lowest BCUT2D eigenvalue weighted by atomic mass is 9.98. The summed E-state index contributed by atoms with van der Waals surface area (Å²) in [4.78, 5) is 2.15. The van der Waals surface area contributed by atoms with E-state index in [0.29, 0.717) is 17.0 Å². The van der Waals surface area contributed by atoms with Crippen LogP contribution in [0.1, 0.15) is 23.6 Å². The summed E-state index contributed by atoms with van der Waals surface area (Å²) in [5.74, 6) is 0. The Balaban J connectivity index is 0.00000242. The van der Waals surface area contributed by atoms with Crippen molar-refractivity contribution in [2.45, 2.75) is 18.6 Å². The fourth-order valence-corrected chi connectivity index (χ4v) is 2.84. The molecule has 1 aliphatic rings. The number of halogens is 6. The largest absolute Gasteiger partial charge is 0.416 e. The number of piperazine rings is 1. The van der Waals surface area contributed by atoms with Crippen LogP contribution in [0.4, 0.5) is 13.2 Å². The van der Waals surface area contributed by atoms with Gasteiger partial charge in [0.05, 0.1) is 5.56 Å². The highest BCUT2D eigenvalue weighted by Crippen LogP contribution is 2.36. The molecule has 1 heterocycles. The van der Waals surface area contributed by atoms with Crippen molar-refractivity contribution in [3.63, 3.8) is 0 Å². The van der Waals surface area contributed by atoms with Crippen LogP contribution >= 0.6 is 36.4 Å². The van der Waals surface area contributed by atoms with Crippen LogP contribution in [0.15, 0.2) is 30.9 Å². The van der Waals surface area contributed by atoms with E-state index >= 15 is 0 Å². The summed E-state index contributed by atoms with van der Waals surface area (Å²) in [6.45, 7) is 6.93. The Labute approximate surface area is 151 Å². The standard InChI is InChI=1S/C15H18ClF3N2.2ClH/c1-2-3-14(21-8-6-20-7-9-21)12-10-11(15(17,18)19)4-5-13(12)16;;/h2,4-5,10,14,20H,1,3,6-9H2;2*1H/t14-;;/m0../s1. The van der Waals surface area contributed by atoms with Gasteiger partial charge in [-0.05, 0) is 30.2 Å². The molecule has 1 N–H and O–H groups in total. The van der Waals surface area contributed by atoms with E-state index in [9.17, 15) is 13.2 Å². The van der Waals surface area contributed by atoms with E-state index in [2.05, 4.69) is 16.8 Å². The third kappa shape index (κ3) is 5.84. The summed E-state index contributed by atoms with van der Waals surface area (Å²) in [5.41, 5.74) is -0.139. The third-order valence-corrected chi connectivity index (χ3v) is 4.01. The smallest absolute Gasteiger partial charge is 0.314 e. The van der Waals surface area contributed by atoms with Gasteiger partial charge in [0.2, 0.25) is 0 Å². The number of benzene rings is 1. The zero-order valence-electron chi connectivity index (χ0n) is 12.4. The van der Waals surface area contributed by atoms with E-state index in [4.69, 9.17) is 11.6 Å². The molecule has 132 valence electrons. The topological polar surface area (TPSA) is 15.3 Å². The van der Waals surface area contributed by atoms with Gasteiger partial charge in [-0.1, -0.05) is 17.7 Å². The predicted octanol–water partition coefficient (Wildman–Crippen LogP) is 4.72. The number of hydrogen-bond acceptors (Lipinski definition) is 2. The second-order valence-electron chi connectivity index (χ2n) is 5.06. The number of hydrogen-bond donors (Lipinski definition) is 1. The van der Waals surface area contributed by atoms with E-state index < -0.39 is 11.7 Å². The monoisotopic (exact) mass is 390 g/mol. The molecule has 0 spiro atoms. The van der Waals surface area contributed by atoms with Crippen LogP contribution in [0.25, 0.3) is 0 Å². The van der Waals surface area contributed by atoms with Gasteiger partial charge in [-0.3, -0.25) is 4.90 Å². The molecule has 0 saturated carbocycles. The molecule has 0 amide bonds. The van der Waals surface area contributed by atoms with Crippen molar-refractivity contribution < 1.29 is 13.2 Å². The van der Waals surface area contributed by atoms with Crippen molar-refractivity contribution in [1.82, 2.24) is 10.2 Å². The lowest BCUT2D eigenvalue weighted by molar-refractivity contribution is -0.137. The van der Waals surface area contributed by atoms with Gasteiger partial charge in [0.15, 0.2) is 0 Å². The van der Waals surface area contributed by atoms with Crippen LogP contribution in [0, 0.1) is 0 Å². The molecule has 1 aromatic carbocycles. The Morgan fingerprint density at radius 3 is 2.39 bits per heavy atom. The Bertz CT molecular complexity index is 503. The highest BCUT2D eigenvalue weighted by Gasteiger charge is 2.32. The van der Waals surface area contributed by atoms with Crippen LogP contribution in [0.2, 0.25) is 5.02 Å². The Hall–Kier alpha value is -0.460. The first-order valence-electron chi connectivity index (χ1n) is 6.86. The van der Waals surface area contributed by atoms with Crippen LogP contribution in [-0.4, -0.2) is 31.1 Å². The molecule has 23 heavy (non-hydrogen) atoms. The Morgan fingerprint density at radius 1 is 1.26 bits per heavy atom. The molecule has 0 aromatic heterocycles. The molecular weight excluding hydrogens is 372 g/mol. The maximum Gasteiger partial charge on any atom is 0.416 e. The van der Waals surface area contributed by atoms with Crippen LogP contribution < -0.4 is 5.32 Å². The van der Waals surface area contributed by atoms with E-state index in [-0.39, 0.29) is 30.9 Å². The summed E-state index contributed by atoms with van der Waals surface area (Å²) in [6, 6.07) is 3.35. The molecule has 0 bridgehead atoms. The molecule has 1 aliphatic heterocycles. The maximum atomic E-state index is 12.9. The molecule has 1 aromatic rings. The molecule has 2 nitrogen and oxygen atoms in total. The summed E-state index contributed by atoms with van der Waals surface area (Å²) >= 11 is 6.15. The number of nitrogens with one attached hydrogen (secondary N) is 1. The highest BCUT2D eigenvalue weighted by atomic mass is 35.5. The molecule has 0 unspecified atom stereocenters. The lowest BCUT2D eigenvalue weighted by Gasteiger charge is -2.35. The molecule has 2 rings (SSSR count). The normalized spacial score (nSPS) is 16.9. The fraction of sp³-hybridized carbons (Fsp3) is 0.467. The summed E-state index contributed by atoms with van der Waals surface area (Å²) < 4.78 is 38.7.